The van der Waals surface area contributed by atoms with Crippen LogP contribution < -0.4 is 0 Å². The number of alkyl halides is 3. The third-order valence-corrected chi connectivity index (χ3v) is 3.00. The molecule has 2 nitrogen and oxygen atoms in total. The van der Waals surface area contributed by atoms with Crippen molar-refractivity contribution in [3.05, 3.63) is 35.4 Å². The van der Waals surface area contributed by atoms with Gasteiger partial charge in [0.1, 0.15) is 0 Å². The fraction of sp³-hybridized carbons (Fsp3) is 0.462. The fourth-order valence-corrected chi connectivity index (χ4v) is 1.69. The summed E-state index contributed by atoms with van der Waals surface area (Å²) in [6.07, 6.45) is -4.40. The van der Waals surface area contributed by atoms with Gasteiger partial charge >= 0.3 is 12.1 Å². The molecular formula is C13H16F3NO. The van der Waals surface area contributed by atoms with E-state index in [0.29, 0.717) is 6.42 Å². The van der Waals surface area contributed by atoms with Gasteiger partial charge in [-0.15, -0.1) is 0 Å². The highest BCUT2D eigenvalue weighted by Crippen LogP contribution is 2.20. The van der Waals surface area contributed by atoms with Crippen LogP contribution in [0.3, 0.4) is 0 Å². The monoisotopic (exact) mass is 259 g/mol. The number of nitrogens with zero attached hydrogens (tertiary/aromatic N) is 1. The molecule has 1 atom stereocenters. The summed E-state index contributed by atoms with van der Waals surface area (Å²) in [5, 5.41) is 0. The summed E-state index contributed by atoms with van der Waals surface area (Å²) in [6, 6.07) is 6.96. The number of benzene rings is 1. The molecule has 18 heavy (non-hydrogen) atoms. The van der Waals surface area contributed by atoms with Crippen LogP contribution in [0.1, 0.15) is 18.1 Å². The van der Waals surface area contributed by atoms with E-state index < -0.39 is 18.1 Å². The van der Waals surface area contributed by atoms with Crippen LogP contribution >= 0.6 is 0 Å². The first-order valence-electron chi connectivity index (χ1n) is 5.62. The van der Waals surface area contributed by atoms with Crippen LogP contribution in [0.25, 0.3) is 0 Å². The summed E-state index contributed by atoms with van der Waals surface area (Å²) in [4.78, 5) is 11.8. The second-order valence-corrected chi connectivity index (χ2v) is 4.39. The molecule has 0 spiro atoms. The first-order chi connectivity index (χ1) is 8.23. The molecule has 1 amide bonds. The lowest BCUT2D eigenvalue weighted by molar-refractivity contribution is -0.185. The Morgan fingerprint density at radius 3 is 2.39 bits per heavy atom. The summed E-state index contributed by atoms with van der Waals surface area (Å²) in [7, 11) is 1.18. The topological polar surface area (TPSA) is 20.3 Å². The van der Waals surface area contributed by atoms with Gasteiger partial charge in [0.2, 0.25) is 0 Å². The Balaban J connectivity index is 2.75. The minimum atomic E-state index is -4.81. The van der Waals surface area contributed by atoms with Crippen LogP contribution in [-0.2, 0) is 11.2 Å². The fourth-order valence-electron chi connectivity index (χ4n) is 1.69. The summed E-state index contributed by atoms with van der Waals surface area (Å²) in [5.74, 6) is -1.80. The standard InChI is InChI=1S/C13H16F3NO/c1-9-6-4-5-7-11(9)8-10(2)17(3)12(18)13(14,15)16/h4-7,10H,8H2,1-3H3. The van der Waals surface area contributed by atoms with Crippen molar-refractivity contribution in [1.82, 2.24) is 4.90 Å². The average Bonchev–Trinajstić information content (AvgIpc) is 2.29. The first kappa shape index (κ1) is 14.5. The van der Waals surface area contributed by atoms with Crippen LogP contribution in [0.4, 0.5) is 13.2 Å². The van der Waals surface area contributed by atoms with E-state index >= 15 is 0 Å². The lowest BCUT2D eigenvalue weighted by atomic mass is 10.0. The molecule has 0 aromatic heterocycles. The number of halogens is 3. The molecule has 0 saturated heterocycles. The highest BCUT2D eigenvalue weighted by molar-refractivity contribution is 5.81. The number of carbonyl (C=O) groups excluding carboxylic acids is 1. The van der Waals surface area contributed by atoms with Crippen LogP contribution in [0.15, 0.2) is 24.3 Å². The molecule has 0 aliphatic carbocycles. The summed E-state index contributed by atoms with van der Waals surface area (Å²) in [6.45, 7) is 3.50. The number of hydrogen-bond acceptors (Lipinski definition) is 1. The van der Waals surface area contributed by atoms with Crippen molar-refractivity contribution in [3.63, 3.8) is 0 Å². The highest BCUT2D eigenvalue weighted by atomic mass is 19.4. The second-order valence-electron chi connectivity index (χ2n) is 4.39. The lowest BCUT2D eigenvalue weighted by Crippen LogP contribution is -2.44. The predicted molar refractivity (Wildman–Crippen MR) is 63.2 cm³/mol. The van der Waals surface area contributed by atoms with Gasteiger partial charge < -0.3 is 4.90 Å². The van der Waals surface area contributed by atoms with Crippen LogP contribution in [0.2, 0.25) is 0 Å². The zero-order valence-corrected chi connectivity index (χ0v) is 10.6. The maximum Gasteiger partial charge on any atom is 0.471 e. The van der Waals surface area contributed by atoms with Gasteiger partial charge in [0, 0.05) is 13.1 Å². The molecular weight excluding hydrogens is 243 g/mol. The Morgan fingerprint density at radius 1 is 1.33 bits per heavy atom. The predicted octanol–water partition coefficient (Wildman–Crippen LogP) is 2.95. The third-order valence-electron chi connectivity index (χ3n) is 3.00. The molecule has 1 aromatic rings. The normalized spacial score (nSPS) is 13.2. The number of amides is 1. The maximum absolute atomic E-state index is 12.3. The lowest BCUT2D eigenvalue weighted by Gasteiger charge is -2.26. The van der Waals surface area contributed by atoms with E-state index in [4.69, 9.17) is 0 Å². The van der Waals surface area contributed by atoms with Crippen LogP contribution in [-0.4, -0.2) is 30.1 Å². The van der Waals surface area contributed by atoms with E-state index in [1.165, 1.54) is 7.05 Å². The Morgan fingerprint density at radius 2 is 1.89 bits per heavy atom. The summed E-state index contributed by atoms with van der Waals surface area (Å²) >= 11 is 0. The summed E-state index contributed by atoms with van der Waals surface area (Å²) < 4.78 is 36.9. The van der Waals surface area contributed by atoms with Gasteiger partial charge in [-0.3, -0.25) is 4.79 Å². The van der Waals surface area contributed by atoms with E-state index in [9.17, 15) is 18.0 Å². The van der Waals surface area contributed by atoms with Crippen molar-refractivity contribution in [2.24, 2.45) is 0 Å². The number of hydrogen-bond donors (Lipinski definition) is 0. The van der Waals surface area contributed by atoms with Gasteiger partial charge in [-0.05, 0) is 31.4 Å². The summed E-state index contributed by atoms with van der Waals surface area (Å²) in [5.41, 5.74) is 1.96. The maximum atomic E-state index is 12.3. The van der Waals surface area contributed by atoms with E-state index in [0.717, 1.165) is 16.0 Å². The smallest absolute Gasteiger partial charge is 0.335 e. The van der Waals surface area contributed by atoms with Crippen molar-refractivity contribution in [1.29, 1.82) is 0 Å². The number of rotatable bonds is 3. The van der Waals surface area contributed by atoms with Crippen LogP contribution in [0.5, 0.6) is 0 Å². The molecule has 0 radical (unpaired) electrons. The largest absolute Gasteiger partial charge is 0.471 e. The van der Waals surface area contributed by atoms with Crippen molar-refractivity contribution >= 4 is 5.91 Å². The molecule has 1 aromatic carbocycles. The SMILES string of the molecule is Cc1ccccc1CC(C)N(C)C(=O)C(F)(F)F. The minimum absolute atomic E-state index is 0.408. The Labute approximate surface area is 104 Å². The quantitative estimate of drug-likeness (QED) is 0.817. The number of carbonyl (C=O) groups is 1. The van der Waals surface area contributed by atoms with Crippen molar-refractivity contribution in [2.45, 2.75) is 32.5 Å². The number of aryl methyl sites for hydroxylation is 1. The van der Waals surface area contributed by atoms with E-state index in [1.807, 2.05) is 31.2 Å². The average molecular weight is 259 g/mol. The van der Waals surface area contributed by atoms with Gasteiger partial charge in [-0.2, -0.15) is 13.2 Å². The molecule has 0 N–H and O–H groups in total. The molecule has 0 fully saturated rings. The van der Waals surface area contributed by atoms with Gasteiger partial charge in [0.15, 0.2) is 0 Å². The van der Waals surface area contributed by atoms with Gasteiger partial charge in [-0.25, -0.2) is 0 Å². The molecule has 0 saturated carbocycles. The van der Waals surface area contributed by atoms with Crippen molar-refractivity contribution < 1.29 is 18.0 Å². The molecule has 0 bridgehead atoms. The van der Waals surface area contributed by atoms with Crippen molar-refractivity contribution in [2.75, 3.05) is 7.05 Å². The molecule has 0 aliphatic rings. The molecule has 0 aliphatic heterocycles. The van der Waals surface area contributed by atoms with E-state index in [1.54, 1.807) is 6.92 Å². The van der Waals surface area contributed by atoms with Gasteiger partial charge in [0.25, 0.3) is 0 Å². The van der Waals surface area contributed by atoms with Crippen molar-refractivity contribution in [3.8, 4) is 0 Å². The Bertz CT molecular complexity index is 428. The van der Waals surface area contributed by atoms with Gasteiger partial charge in [0.05, 0.1) is 0 Å². The van der Waals surface area contributed by atoms with E-state index in [2.05, 4.69) is 0 Å². The van der Waals surface area contributed by atoms with Gasteiger partial charge in [-0.1, -0.05) is 24.3 Å². The highest BCUT2D eigenvalue weighted by Gasteiger charge is 2.42. The van der Waals surface area contributed by atoms with Crippen LogP contribution in [0, 0.1) is 6.92 Å². The molecule has 1 unspecified atom stereocenters. The second kappa shape index (κ2) is 5.42. The Hall–Kier alpha value is -1.52. The minimum Gasteiger partial charge on any atom is -0.335 e. The molecule has 1 rings (SSSR count). The first-order valence-corrected chi connectivity index (χ1v) is 5.62. The number of likely N-dealkylation sites (N-methyl/N-ethyl adjacent to an activating group) is 1. The molecule has 5 heteroatoms. The van der Waals surface area contributed by atoms with E-state index in [-0.39, 0.29) is 0 Å². The molecule has 100 valence electrons. The third kappa shape index (κ3) is 3.48. The zero-order valence-electron chi connectivity index (χ0n) is 10.6. The Kier molecular flexibility index (Phi) is 4.38. The molecule has 0 heterocycles. The zero-order chi connectivity index (χ0) is 13.9.